The molecule has 0 aliphatic heterocycles. The van der Waals surface area contributed by atoms with Crippen molar-refractivity contribution in [3.63, 3.8) is 0 Å². The number of likely N-dealkylation sites (N-methyl/N-ethyl adjacent to an activating group) is 1. The van der Waals surface area contributed by atoms with Gasteiger partial charge in [-0.15, -0.1) is 0 Å². The predicted octanol–water partition coefficient (Wildman–Crippen LogP) is -0.208. The van der Waals surface area contributed by atoms with Gasteiger partial charge in [0.2, 0.25) is 0 Å². The van der Waals surface area contributed by atoms with Gasteiger partial charge in [-0.25, -0.2) is 0 Å². The molecular weight excluding hydrogens is 130 g/mol. The zero-order valence-electron chi connectivity index (χ0n) is 6.72. The molecule has 2 N–H and O–H groups in total. The first-order valence-electron chi connectivity index (χ1n) is 3.45. The highest BCUT2D eigenvalue weighted by Gasteiger charge is 2.17. The van der Waals surface area contributed by atoms with Gasteiger partial charge in [0.05, 0.1) is 12.6 Å². The third kappa shape index (κ3) is 2.45. The first kappa shape index (κ1) is 9.59. The van der Waals surface area contributed by atoms with Crippen molar-refractivity contribution in [3.8, 4) is 0 Å². The molecule has 3 nitrogen and oxygen atoms in total. The van der Waals surface area contributed by atoms with Crippen LogP contribution >= 0.6 is 0 Å². The van der Waals surface area contributed by atoms with Crippen molar-refractivity contribution in [2.75, 3.05) is 13.7 Å². The van der Waals surface area contributed by atoms with Crippen LogP contribution in [0.5, 0.6) is 0 Å². The van der Waals surface area contributed by atoms with Crippen molar-refractivity contribution < 1.29 is 9.90 Å². The smallest absolute Gasteiger partial charge is 0.154 e. The lowest BCUT2D eigenvalue weighted by Gasteiger charge is -2.13. The molecule has 0 aromatic rings. The number of hydrogen-bond donors (Lipinski definition) is 2. The molecule has 0 amide bonds. The summed E-state index contributed by atoms with van der Waals surface area (Å²) in [7, 11) is 1.67. The van der Waals surface area contributed by atoms with Gasteiger partial charge in [-0.2, -0.15) is 0 Å². The van der Waals surface area contributed by atoms with Crippen molar-refractivity contribution in [3.05, 3.63) is 0 Å². The molecule has 0 spiro atoms. The van der Waals surface area contributed by atoms with Crippen molar-refractivity contribution in [1.29, 1.82) is 0 Å². The molecule has 60 valence electrons. The minimum atomic E-state index is -0.389. The molecule has 0 aliphatic carbocycles. The Morgan fingerprint density at radius 3 is 2.20 bits per heavy atom. The quantitative estimate of drug-likeness (QED) is 0.575. The fourth-order valence-electron chi connectivity index (χ4n) is 0.726. The zero-order valence-corrected chi connectivity index (χ0v) is 6.72. The number of hydrogen-bond acceptors (Lipinski definition) is 3. The molecule has 1 unspecified atom stereocenters. The van der Waals surface area contributed by atoms with Gasteiger partial charge in [0.15, 0.2) is 5.78 Å². The molecule has 0 aromatic carbocycles. The lowest BCUT2D eigenvalue weighted by atomic mass is 10.0. The van der Waals surface area contributed by atoms with Crippen molar-refractivity contribution >= 4 is 5.78 Å². The van der Waals surface area contributed by atoms with Gasteiger partial charge in [0.1, 0.15) is 0 Å². The van der Waals surface area contributed by atoms with Crippen LogP contribution in [-0.2, 0) is 4.79 Å². The normalized spacial score (nSPS) is 13.7. The number of carbonyl (C=O) groups is 1. The highest BCUT2D eigenvalue weighted by molar-refractivity contribution is 5.85. The number of carbonyl (C=O) groups excluding carboxylic acids is 1. The summed E-state index contributed by atoms with van der Waals surface area (Å²) in [5.41, 5.74) is 0. The predicted molar refractivity (Wildman–Crippen MR) is 39.8 cm³/mol. The third-order valence-corrected chi connectivity index (χ3v) is 1.44. The fraction of sp³-hybridized carbons (Fsp3) is 0.857. The first-order valence-corrected chi connectivity index (χ1v) is 3.45. The molecule has 0 fully saturated rings. The van der Waals surface area contributed by atoms with Crippen LogP contribution in [0.4, 0.5) is 0 Å². The Kier molecular flexibility index (Phi) is 4.23. The third-order valence-electron chi connectivity index (χ3n) is 1.44. The Hall–Kier alpha value is -0.410. The van der Waals surface area contributed by atoms with E-state index in [1.165, 1.54) is 0 Å². The van der Waals surface area contributed by atoms with E-state index in [0.717, 1.165) is 0 Å². The summed E-state index contributed by atoms with van der Waals surface area (Å²) in [5.74, 6) is 0.0506. The largest absolute Gasteiger partial charge is 0.394 e. The van der Waals surface area contributed by atoms with Gasteiger partial charge in [0.25, 0.3) is 0 Å². The van der Waals surface area contributed by atoms with Crippen LogP contribution in [-0.4, -0.2) is 30.6 Å². The van der Waals surface area contributed by atoms with E-state index in [0.29, 0.717) is 0 Å². The van der Waals surface area contributed by atoms with Gasteiger partial charge in [-0.3, -0.25) is 4.79 Å². The maximum absolute atomic E-state index is 11.1. The van der Waals surface area contributed by atoms with E-state index in [9.17, 15) is 4.79 Å². The molecule has 0 aromatic heterocycles. The number of rotatable bonds is 4. The van der Waals surface area contributed by atoms with Gasteiger partial charge >= 0.3 is 0 Å². The molecule has 10 heavy (non-hydrogen) atoms. The molecule has 0 rings (SSSR count). The van der Waals surface area contributed by atoms with Crippen LogP contribution in [0.15, 0.2) is 0 Å². The van der Waals surface area contributed by atoms with Crippen LogP contribution in [0.25, 0.3) is 0 Å². The summed E-state index contributed by atoms with van der Waals surface area (Å²) in [4.78, 5) is 11.1. The molecule has 0 radical (unpaired) electrons. The molecule has 0 heterocycles. The Morgan fingerprint density at radius 2 is 2.10 bits per heavy atom. The maximum atomic E-state index is 11.1. The summed E-state index contributed by atoms with van der Waals surface area (Å²) in [6, 6.07) is -0.389. The SMILES string of the molecule is CNC(CO)C(=O)C(C)C. The van der Waals surface area contributed by atoms with Crippen molar-refractivity contribution in [1.82, 2.24) is 5.32 Å². The Labute approximate surface area is 61.4 Å². The monoisotopic (exact) mass is 145 g/mol. The van der Waals surface area contributed by atoms with Crippen LogP contribution in [0.2, 0.25) is 0 Å². The van der Waals surface area contributed by atoms with Crippen LogP contribution in [0.1, 0.15) is 13.8 Å². The van der Waals surface area contributed by atoms with Gasteiger partial charge in [-0.05, 0) is 7.05 Å². The minimum absolute atomic E-state index is 0.00963. The Morgan fingerprint density at radius 1 is 1.60 bits per heavy atom. The Bertz CT molecular complexity index is 108. The Balaban J connectivity index is 3.89. The fourth-order valence-corrected chi connectivity index (χ4v) is 0.726. The minimum Gasteiger partial charge on any atom is -0.394 e. The molecule has 0 bridgehead atoms. The van der Waals surface area contributed by atoms with Gasteiger partial charge in [0, 0.05) is 5.92 Å². The standard InChI is InChI=1S/C7H15NO2/c1-5(2)7(10)6(4-9)8-3/h5-6,8-9H,4H2,1-3H3. The van der Waals surface area contributed by atoms with E-state index in [1.807, 2.05) is 13.8 Å². The number of aliphatic hydroxyl groups excluding tert-OH is 1. The topological polar surface area (TPSA) is 49.3 Å². The summed E-state index contributed by atoms with van der Waals surface area (Å²) in [5, 5.41) is 11.4. The molecule has 3 heteroatoms. The molecule has 1 atom stereocenters. The number of ketones is 1. The molecule has 0 aliphatic rings. The first-order chi connectivity index (χ1) is 4.63. The second-order valence-corrected chi connectivity index (χ2v) is 2.58. The van der Waals surface area contributed by atoms with Gasteiger partial charge in [-0.1, -0.05) is 13.8 Å². The van der Waals surface area contributed by atoms with E-state index < -0.39 is 0 Å². The summed E-state index contributed by atoms with van der Waals surface area (Å²) in [6.45, 7) is 3.53. The van der Waals surface area contributed by atoms with E-state index in [-0.39, 0.29) is 24.3 Å². The van der Waals surface area contributed by atoms with E-state index >= 15 is 0 Å². The maximum Gasteiger partial charge on any atom is 0.154 e. The molecule has 0 saturated carbocycles. The number of Topliss-reactive ketones (excluding diaryl/α,β-unsaturated/α-hetero) is 1. The average molecular weight is 145 g/mol. The number of nitrogens with one attached hydrogen (secondary N) is 1. The van der Waals surface area contributed by atoms with E-state index in [2.05, 4.69) is 5.32 Å². The average Bonchev–Trinajstić information content (AvgIpc) is 1.90. The van der Waals surface area contributed by atoms with Crippen LogP contribution in [0.3, 0.4) is 0 Å². The molecular formula is C7H15NO2. The summed E-state index contributed by atoms with van der Waals surface area (Å²) < 4.78 is 0. The highest BCUT2D eigenvalue weighted by atomic mass is 16.3. The number of aliphatic hydroxyl groups is 1. The lowest BCUT2D eigenvalue weighted by Crippen LogP contribution is -2.39. The van der Waals surface area contributed by atoms with E-state index in [4.69, 9.17) is 5.11 Å². The second kappa shape index (κ2) is 4.41. The van der Waals surface area contributed by atoms with E-state index in [1.54, 1.807) is 7.05 Å². The lowest BCUT2D eigenvalue weighted by molar-refractivity contribution is -0.124. The van der Waals surface area contributed by atoms with Gasteiger partial charge < -0.3 is 10.4 Å². The second-order valence-electron chi connectivity index (χ2n) is 2.58. The molecule has 0 saturated heterocycles. The van der Waals surface area contributed by atoms with Crippen molar-refractivity contribution in [2.24, 2.45) is 5.92 Å². The summed E-state index contributed by atoms with van der Waals surface area (Å²) >= 11 is 0. The van der Waals surface area contributed by atoms with Crippen LogP contribution < -0.4 is 5.32 Å². The zero-order chi connectivity index (χ0) is 8.15. The summed E-state index contributed by atoms with van der Waals surface area (Å²) in [6.07, 6.45) is 0. The highest BCUT2D eigenvalue weighted by Crippen LogP contribution is 1.98. The van der Waals surface area contributed by atoms with Crippen LogP contribution in [0, 0.1) is 5.92 Å². The van der Waals surface area contributed by atoms with Crippen molar-refractivity contribution in [2.45, 2.75) is 19.9 Å².